The molecule has 0 N–H and O–H groups in total. The van der Waals surface area contributed by atoms with E-state index in [1.54, 1.807) is 60.0 Å². The molecular formula is C23H20O6S. The lowest BCUT2D eigenvalue weighted by Crippen LogP contribution is -2.06. The maximum Gasteiger partial charge on any atom is 0.353 e. The van der Waals surface area contributed by atoms with Gasteiger partial charge in [0.15, 0.2) is 17.3 Å². The van der Waals surface area contributed by atoms with Crippen LogP contribution in [0.15, 0.2) is 60.0 Å². The SMILES string of the molecule is COc1cc(C=CC(=O)c2ccc(OC(=O)c3cccs3)cc2)cc(OC)c1OC. The van der Waals surface area contributed by atoms with E-state index < -0.39 is 5.97 Å². The van der Waals surface area contributed by atoms with Gasteiger partial charge in [0.05, 0.1) is 21.3 Å². The summed E-state index contributed by atoms with van der Waals surface area (Å²) >= 11 is 1.31. The van der Waals surface area contributed by atoms with Gasteiger partial charge in [-0.15, -0.1) is 11.3 Å². The van der Waals surface area contributed by atoms with E-state index in [2.05, 4.69) is 0 Å². The first-order valence-electron chi connectivity index (χ1n) is 8.94. The third kappa shape index (κ3) is 4.87. The highest BCUT2D eigenvalue weighted by Crippen LogP contribution is 2.38. The summed E-state index contributed by atoms with van der Waals surface area (Å²) < 4.78 is 21.2. The van der Waals surface area contributed by atoms with Gasteiger partial charge in [-0.1, -0.05) is 12.1 Å². The van der Waals surface area contributed by atoms with Gasteiger partial charge in [0.2, 0.25) is 5.75 Å². The fraction of sp³-hybridized carbons (Fsp3) is 0.130. The standard InChI is InChI=1S/C23H20O6S/c1-26-19-13-15(14-20(27-2)22(19)28-3)6-11-18(24)16-7-9-17(10-8-16)29-23(25)21-5-4-12-30-21/h4-14H,1-3H3. The van der Waals surface area contributed by atoms with E-state index in [0.29, 0.717) is 33.4 Å². The predicted octanol–water partition coefficient (Wildman–Crippen LogP) is 4.89. The number of esters is 1. The number of allylic oxidation sites excluding steroid dienone is 1. The minimum absolute atomic E-state index is 0.195. The molecular weight excluding hydrogens is 404 g/mol. The highest BCUT2D eigenvalue weighted by Gasteiger charge is 2.13. The lowest BCUT2D eigenvalue weighted by Gasteiger charge is -2.12. The van der Waals surface area contributed by atoms with Crippen molar-refractivity contribution in [2.45, 2.75) is 0 Å². The summed E-state index contributed by atoms with van der Waals surface area (Å²) in [5.74, 6) is 1.24. The van der Waals surface area contributed by atoms with Gasteiger partial charge >= 0.3 is 5.97 Å². The summed E-state index contributed by atoms with van der Waals surface area (Å²) in [6, 6.07) is 13.4. The van der Waals surface area contributed by atoms with Crippen LogP contribution >= 0.6 is 11.3 Å². The summed E-state index contributed by atoms with van der Waals surface area (Å²) in [6.07, 6.45) is 3.12. The van der Waals surface area contributed by atoms with Gasteiger partial charge < -0.3 is 18.9 Å². The van der Waals surface area contributed by atoms with Crippen LogP contribution in [0.3, 0.4) is 0 Å². The van der Waals surface area contributed by atoms with Crippen LogP contribution in [0.4, 0.5) is 0 Å². The molecule has 0 bridgehead atoms. The monoisotopic (exact) mass is 424 g/mol. The van der Waals surface area contributed by atoms with Crippen LogP contribution in [0.1, 0.15) is 25.6 Å². The summed E-state index contributed by atoms with van der Waals surface area (Å²) in [7, 11) is 4.59. The highest BCUT2D eigenvalue weighted by molar-refractivity contribution is 7.12. The molecule has 0 aliphatic carbocycles. The molecule has 0 radical (unpaired) electrons. The average Bonchev–Trinajstić information content (AvgIpc) is 3.32. The van der Waals surface area contributed by atoms with Crippen molar-refractivity contribution in [2.24, 2.45) is 0 Å². The quantitative estimate of drug-likeness (QED) is 0.222. The van der Waals surface area contributed by atoms with Crippen LogP contribution < -0.4 is 18.9 Å². The molecule has 0 aliphatic heterocycles. The first kappa shape index (κ1) is 21.1. The summed E-state index contributed by atoms with van der Waals surface area (Å²) in [6.45, 7) is 0. The minimum atomic E-state index is -0.425. The third-order valence-electron chi connectivity index (χ3n) is 4.19. The highest BCUT2D eigenvalue weighted by atomic mass is 32.1. The molecule has 0 amide bonds. The molecule has 0 saturated heterocycles. The van der Waals surface area contributed by atoms with Crippen molar-refractivity contribution in [1.82, 2.24) is 0 Å². The van der Waals surface area contributed by atoms with E-state index in [4.69, 9.17) is 18.9 Å². The molecule has 0 fully saturated rings. The topological polar surface area (TPSA) is 71.1 Å². The molecule has 1 aromatic heterocycles. The Balaban J connectivity index is 1.71. The largest absolute Gasteiger partial charge is 0.493 e. The molecule has 0 atom stereocenters. The normalized spacial score (nSPS) is 10.6. The molecule has 3 aromatic rings. The number of ether oxygens (including phenoxy) is 4. The van der Waals surface area contributed by atoms with Crippen LogP contribution in [0.2, 0.25) is 0 Å². The number of ketones is 1. The molecule has 0 saturated carbocycles. The van der Waals surface area contributed by atoms with Crippen LogP contribution in [-0.2, 0) is 0 Å². The second-order valence-electron chi connectivity index (χ2n) is 6.05. The number of hydrogen-bond donors (Lipinski definition) is 0. The third-order valence-corrected chi connectivity index (χ3v) is 5.04. The Morgan fingerprint density at radius 1 is 0.900 bits per heavy atom. The summed E-state index contributed by atoms with van der Waals surface area (Å²) in [4.78, 5) is 25.0. The maximum absolute atomic E-state index is 12.5. The van der Waals surface area contributed by atoms with Crippen molar-refractivity contribution in [1.29, 1.82) is 0 Å². The van der Waals surface area contributed by atoms with Crippen LogP contribution in [0.5, 0.6) is 23.0 Å². The van der Waals surface area contributed by atoms with E-state index in [9.17, 15) is 9.59 Å². The molecule has 3 rings (SSSR count). The van der Waals surface area contributed by atoms with E-state index in [1.165, 1.54) is 38.7 Å². The molecule has 1 heterocycles. The maximum atomic E-state index is 12.5. The molecule has 0 unspecified atom stereocenters. The van der Waals surface area contributed by atoms with Crippen molar-refractivity contribution in [3.8, 4) is 23.0 Å². The molecule has 154 valence electrons. The summed E-state index contributed by atoms with van der Waals surface area (Å²) in [5, 5.41) is 1.80. The van der Waals surface area contributed by atoms with Gasteiger partial charge in [-0.25, -0.2) is 4.79 Å². The molecule has 6 nitrogen and oxygen atoms in total. The Morgan fingerprint density at radius 2 is 1.57 bits per heavy atom. The molecule has 2 aromatic carbocycles. The van der Waals surface area contributed by atoms with Gasteiger partial charge in [-0.2, -0.15) is 0 Å². The molecule has 7 heteroatoms. The zero-order valence-electron chi connectivity index (χ0n) is 16.7. The van der Waals surface area contributed by atoms with Gasteiger partial charge in [-0.3, -0.25) is 4.79 Å². The number of hydrogen-bond acceptors (Lipinski definition) is 7. The van der Waals surface area contributed by atoms with Gasteiger partial charge in [0.1, 0.15) is 10.6 Å². The average molecular weight is 424 g/mol. The summed E-state index contributed by atoms with van der Waals surface area (Å²) in [5.41, 5.74) is 1.19. The first-order valence-corrected chi connectivity index (χ1v) is 9.82. The molecule has 0 aliphatic rings. The van der Waals surface area contributed by atoms with Crippen molar-refractivity contribution in [3.05, 3.63) is 76.0 Å². The van der Waals surface area contributed by atoms with E-state index in [-0.39, 0.29) is 5.78 Å². The van der Waals surface area contributed by atoms with Gasteiger partial charge in [0.25, 0.3) is 0 Å². The van der Waals surface area contributed by atoms with Crippen LogP contribution in [-0.4, -0.2) is 33.1 Å². The van der Waals surface area contributed by atoms with Crippen molar-refractivity contribution < 1.29 is 28.5 Å². The second kappa shape index (κ2) is 9.76. The van der Waals surface area contributed by atoms with Crippen LogP contribution in [0, 0.1) is 0 Å². The number of methoxy groups -OCH3 is 3. The zero-order valence-corrected chi connectivity index (χ0v) is 17.5. The number of rotatable bonds is 8. The fourth-order valence-corrected chi connectivity index (χ4v) is 3.30. The van der Waals surface area contributed by atoms with E-state index in [0.717, 1.165) is 5.56 Å². The lowest BCUT2D eigenvalue weighted by molar-refractivity contribution is 0.0740. The number of carbonyl (C=O) groups is 2. The Kier molecular flexibility index (Phi) is 6.87. The fourth-order valence-electron chi connectivity index (χ4n) is 2.71. The lowest BCUT2D eigenvalue weighted by atomic mass is 10.1. The number of thiophene rings is 1. The van der Waals surface area contributed by atoms with Crippen molar-refractivity contribution in [2.75, 3.05) is 21.3 Å². The Labute approximate surface area is 178 Å². The van der Waals surface area contributed by atoms with Crippen molar-refractivity contribution in [3.63, 3.8) is 0 Å². The van der Waals surface area contributed by atoms with E-state index in [1.807, 2.05) is 0 Å². The smallest absolute Gasteiger partial charge is 0.353 e. The van der Waals surface area contributed by atoms with E-state index >= 15 is 0 Å². The Bertz CT molecular complexity index is 1030. The zero-order chi connectivity index (χ0) is 21.5. The van der Waals surface area contributed by atoms with Gasteiger partial charge in [0, 0.05) is 5.56 Å². The number of carbonyl (C=O) groups excluding carboxylic acids is 2. The molecule has 0 spiro atoms. The first-order chi connectivity index (χ1) is 14.5. The van der Waals surface area contributed by atoms with Crippen LogP contribution in [0.25, 0.3) is 6.08 Å². The van der Waals surface area contributed by atoms with Crippen molar-refractivity contribution >= 4 is 29.2 Å². The second-order valence-corrected chi connectivity index (χ2v) is 7.00. The predicted molar refractivity (Wildman–Crippen MR) is 115 cm³/mol. The minimum Gasteiger partial charge on any atom is -0.493 e. The molecule has 30 heavy (non-hydrogen) atoms. The number of benzene rings is 2. The Morgan fingerprint density at radius 3 is 2.10 bits per heavy atom. The van der Waals surface area contributed by atoms with Gasteiger partial charge in [-0.05, 0) is 59.5 Å². The Hall–Kier alpha value is -3.58.